The molecule has 0 aliphatic rings. The summed E-state index contributed by atoms with van der Waals surface area (Å²) < 4.78 is 0. The highest BCUT2D eigenvalue weighted by atomic mass is 16.2. The first kappa shape index (κ1) is 12.4. The lowest BCUT2D eigenvalue weighted by atomic mass is 10.2. The van der Waals surface area contributed by atoms with Gasteiger partial charge < -0.3 is 21.6 Å². The fraction of sp³-hybridized carbons (Fsp3) is 0.625. The molecule has 0 bridgehead atoms. The quantitative estimate of drug-likeness (QED) is 0.215. The molecular formula is C8H16N4O2. The third kappa shape index (κ3) is 7.08. The summed E-state index contributed by atoms with van der Waals surface area (Å²) in [6, 6.07) is -0.443. The lowest BCUT2D eigenvalue weighted by Crippen LogP contribution is -2.34. The maximum atomic E-state index is 10.6. The van der Waals surface area contributed by atoms with Gasteiger partial charge in [0, 0.05) is 13.5 Å². The summed E-state index contributed by atoms with van der Waals surface area (Å²) in [5.74, 6) is -0.184. The number of nitrogens with zero attached hydrogens (tertiary/aromatic N) is 1. The number of hydrogen-bond acceptors (Lipinski definition) is 3. The Morgan fingerprint density at radius 1 is 1.57 bits per heavy atom. The van der Waals surface area contributed by atoms with E-state index in [1.54, 1.807) is 0 Å². The van der Waals surface area contributed by atoms with Crippen molar-refractivity contribution in [3.8, 4) is 0 Å². The minimum atomic E-state index is -0.443. The van der Waals surface area contributed by atoms with Crippen molar-refractivity contribution in [2.24, 2.45) is 16.5 Å². The molecule has 0 aromatic rings. The van der Waals surface area contributed by atoms with Crippen LogP contribution in [0, 0.1) is 0 Å². The fourth-order valence-corrected chi connectivity index (χ4v) is 0.955. The minimum absolute atomic E-state index is 0.0344. The average molecular weight is 200 g/mol. The number of hydrogen-bond donors (Lipinski definition) is 3. The van der Waals surface area contributed by atoms with Gasteiger partial charge in [0.2, 0.25) is 5.91 Å². The Hall–Kier alpha value is -1.59. The second kappa shape index (κ2) is 6.88. The van der Waals surface area contributed by atoms with Gasteiger partial charge >= 0.3 is 0 Å². The number of nitrogens with one attached hydrogen (secondary N) is 1. The van der Waals surface area contributed by atoms with Gasteiger partial charge in [-0.3, -0.25) is 9.79 Å². The van der Waals surface area contributed by atoms with Crippen LogP contribution in [0.1, 0.15) is 19.8 Å². The van der Waals surface area contributed by atoms with Gasteiger partial charge in [-0.05, 0) is 12.8 Å². The van der Waals surface area contributed by atoms with Crippen molar-refractivity contribution >= 4 is 18.2 Å². The van der Waals surface area contributed by atoms with E-state index in [1.165, 1.54) is 6.92 Å². The van der Waals surface area contributed by atoms with Gasteiger partial charge in [0.05, 0.1) is 6.04 Å². The summed E-state index contributed by atoms with van der Waals surface area (Å²) in [4.78, 5) is 24.8. The summed E-state index contributed by atoms with van der Waals surface area (Å²) in [6.07, 6.45) is 1.90. The molecule has 5 N–H and O–H groups in total. The Balaban J connectivity index is 3.68. The van der Waals surface area contributed by atoms with Crippen molar-refractivity contribution < 1.29 is 9.59 Å². The van der Waals surface area contributed by atoms with Crippen LogP contribution in [0.15, 0.2) is 4.99 Å². The fourth-order valence-electron chi connectivity index (χ4n) is 0.955. The average Bonchev–Trinajstić information content (AvgIpc) is 2.09. The molecule has 0 saturated carbocycles. The molecule has 0 aromatic heterocycles. The number of carbonyl (C=O) groups excluding carboxylic acids is 2. The second-order valence-electron chi connectivity index (χ2n) is 2.89. The van der Waals surface area contributed by atoms with Gasteiger partial charge in [-0.1, -0.05) is 0 Å². The molecule has 0 heterocycles. The normalized spacial score (nSPS) is 11.5. The topological polar surface area (TPSA) is 111 Å². The molecule has 6 heteroatoms. The molecule has 80 valence electrons. The summed E-state index contributed by atoms with van der Waals surface area (Å²) in [5.41, 5.74) is 10.2. The molecule has 0 radical (unpaired) electrons. The molecule has 0 fully saturated rings. The first-order valence-electron chi connectivity index (χ1n) is 4.34. The van der Waals surface area contributed by atoms with Crippen molar-refractivity contribution in [1.82, 2.24) is 5.32 Å². The van der Waals surface area contributed by atoms with Gasteiger partial charge in [0.1, 0.15) is 6.29 Å². The van der Waals surface area contributed by atoms with Crippen LogP contribution in [0.5, 0.6) is 0 Å². The predicted octanol–water partition coefficient (Wildman–Crippen LogP) is -1.26. The Kier molecular flexibility index (Phi) is 6.09. The number of guanidine groups is 1. The maximum Gasteiger partial charge on any atom is 0.217 e. The zero-order valence-corrected chi connectivity index (χ0v) is 8.19. The first-order chi connectivity index (χ1) is 6.56. The molecule has 6 nitrogen and oxygen atoms in total. The number of aliphatic imine (C=N–C) groups is 1. The number of carbonyl (C=O) groups is 2. The van der Waals surface area contributed by atoms with E-state index in [0.29, 0.717) is 25.7 Å². The van der Waals surface area contributed by atoms with Crippen LogP contribution in [0.3, 0.4) is 0 Å². The highest BCUT2D eigenvalue weighted by Gasteiger charge is 2.06. The molecule has 0 aliphatic carbocycles. The largest absolute Gasteiger partial charge is 0.370 e. The van der Waals surface area contributed by atoms with E-state index in [1.807, 2.05) is 0 Å². The Morgan fingerprint density at radius 3 is 2.64 bits per heavy atom. The number of aldehydes is 1. The molecule has 0 aromatic carbocycles. The maximum absolute atomic E-state index is 10.6. The van der Waals surface area contributed by atoms with E-state index in [2.05, 4.69) is 10.3 Å². The van der Waals surface area contributed by atoms with Gasteiger partial charge in [0.15, 0.2) is 5.96 Å². The highest BCUT2D eigenvalue weighted by molar-refractivity contribution is 5.77. The summed E-state index contributed by atoms with van der Waals surface area (Å²) in [6.45, 7) is 1.83. The lowest BCUT2D eigenvalue weighted by molar-refractivity contribution is -0.122. The van der Waals surface area contributed by atoms with Crippen molar-refractivity contribution in [3.05, 3.63) is 0 Å². The van der Waals surface area contributed by atoms with Gasteiger partial charge in [-0.2, -0.15) is 0 Å². The Labute approximate surface area is 82.7 Å². The molecular weight excluding hydrogens is 184 g/mol. The van der Waals surface area contributed by atoms with E-state index in [0.717, 1.165) is 0 Å². The van der Waals surface area contributed by atoms with Gasteiger partial charge in [-0.15, -0.1) is 0 Å². The third-order valence-electron chi connectivity index (χ3n) is 1.52. The molecule has 0 aliphatic heterocycles. The van der Waals surface area contributed by atoms with E-state index >= 15 is 0 Å². The number of rotatable bonds is 6. The van der Waals surface area contributed by atoms with Crippen molar-refractivity contribution in [2.75, 3.05) is 6.54 Å². The van der Waals surface area contributed by atoms with Gasteiger partial charge in [0.25, 0.3) is 0 Å². The van der Waals surface area contributed by atoms with Crippen LogP contribution in [0.4, 0.5) is 0 Å². The molecule has 1 unspecified atom stereocenters. The Bertz CT molecular complexity index is 223. The van der Waals surface area contributed by atoms with Crippen molar-refractivity contribution in [3.63, 3.8) is 0 Å². The molecule has 1 amide bonds. The monoisotopic (exact) mass is 200 g/mol. The molecule has 0 saturated heterocycles. The van der Waals surface area contributed by atoms with Crippen molar-refractivity contribution in [2.45, 2.75) is 25.8 Å². The van der Waals surface area contributed by atoms with Gasteiger partial charge in [-0.25, -0.2) is 0 Å². The summed E-state index contributed by atoms with van der Waals surface area (Å²) in [7, 11) is 0. The zero-order chi connectivity index (χ0) is 11.0. The molecule has 1 atom stereocenters. The van der Waals surface area contributed by atoms with Crippen LogP contribution >= 0.6 is 0 Å². The highest BCUT2D eigenvalue weighted by Crippen LogP contribution is 1.95. The SMILES string of the molecule is CC(=O)NC(C=O)CCCN=C(N)N. The number of amides is 1. The minimum Gasteiger partial charge on any atom is -0.370 e. The van der Waals surface area contributed by atoms with E-state index < -0.39 is 6.04 Å². The third-order valence-corrected chi connectivity index (χ3v) is 1.52. The number of nitrogens with two attached hydrogens (primary N) is 2. The van der Waals surface area contributed by atoms with Crippen LogP contribution in [-0.4, -0.2) is 30.7 Å². The lowest BCUT2D eigenvalue weighted by Gasteiger charge is -2.09. The van der Waals surface area contributed by atoms with Crippen LogP contribution in [0.2, 0.25) is 0 Å². The van der Waals surface area contributed by atoms with E-state index in [-0.39, 0.29) is 11.9 Å². The molecule has 0 spiro atoms. The van der Waals surface area contributed by atoms with Crippen LogP contribution in [0.25, 0.3) is 0 Å². The zero-order valence-electron chi connectivity index (χ0n) is 8.19. The smallest absolute Gasteiger partial charge is 0.217 e. The first-order valence-corrected chi connectivity index (χ1v) is 4.34. The second-order valence-corrected chi connectivity index (χ2v) is 2.89. The van der Waals surface area contributed by atoms with Crippen molar-refractivity contribution in [1.29, 1.82) is 0 Å². The summed E-state index contributed by atoms with van der Waals surface area (Å²) >= 11 is 0. The summed E-state index contributed by atoms with van der Waals surface area (Å²) in [5, 5.41) is 2.50. The van der Waals surface area contributed by atoms with Crippen LogP contribution in [-0.2, 0) is 9.59 Å². The molecule has 0 rings (SSSR count). The molecule has 14 heavy (non-hydrogen) atoms. The van der Waals surface area contributed by atoms with Crippen LogP contribution < -0.4 is 16.8 Å². The Morgan fingerprint density at radius 2 is 2.21 bits per heavy atom. The predicted molar refractivity (Wildman–Crippen MR) is 53.6 cm³/mol. The van der Waals surface area contributed by atoms with E-state index in [9.17, 15) is 9.59 Å². The standard InChI is InChI=1S/C8H16N4O2/c1-6(14)12-7(5-13)3-2-4-11-8(9)10/h5,7H,2-4H2,1H3,(H,12,14)(H4,9,10,11). The van der Waals surface area contributed by atoms with E-state index in [4.69, 9.17) is 11.5 Å².